The lowest BCUT2D eigenvalue weighted by Crippen LogP contribution is -2.25. The molecule has 0 spiro atoms. The first kappa shape index (κ1) is 17.4. The van der Waals surface area contributed by atoms with Crippen LogP contribution >= 0.6 is 15.9 Å². The van der Waals surface area contributed by atoms with Crippen molar-refractivity contribution in [2.75, 3.05) is 19.0 Å². The van der Waals surface area contributed by atoms with Crippen molar-refractivity contribution in [3.05, 3.63) is 69.5 Å². The van der Waals surface area contributed by atoms with Crippen molar-refractivity contribution in [2.45, 2.75) is 6.54 Å². The van der Waals surface area contributed by atoms with Gasteiger partial charge in [0.25, 0.3) is 5.56 Å². The molecule has 3 heterocycles. The van der Waals surface area contributed by atoms with Crippen molar-refractivity contribution < 1.29 is 0 Å². The number of benzene rings is 1. The first-order valence-electron chi connectivity index (χ1n) is 8.36. The maximum atomic E-state index is 13.3. The Bertz CT molecular complexity index is 1210. The summed E-state index contributed by atoms with van der Waals surface area (Å²) in [6.07, 6.45) is 8.99. The number of hydrogen-bond donors (Lipinski definition) is 0. The van der Waals surface area contributed by atoms with E-state index in [-0.39, 0.29) is 5.56 Å². The molecule has 4 rings (SSSR count). The second kappa shape index (κ2) is 6.96. The lowest BCUT2D eigenvalue weighted by molar-refractivity contribution is 0.787. The lowest BCUT2D eigenvalue weighted by atomic mass is 10.2. The van der Waals surface area contributed by atoms with Crippen molar-refractivity contribution in [3.63, 3.8) is 0 Å². The predicted molar refractivity (Wildman–Crippen MR) is 110 cm³/mol. The Labute approximate surface area is 163 Å². The molecule has 0 fully saturated rings. The summed E-state index contributed by atoms with van der Waals surface area (Å²) in [5.41, 5.74) is 2.48. The van der Waals surface area contributed by atoms with Crippen molar-refractivity contribution >= 4 is 44.4 Å². The highest BCUT2D eigenvalue weighted by atomic mass is 79.9. The van der Waals surface area contributed by atoms with Crippen LogP contribution in [0.15, 0.2) is 58.3 Å². The van der Waals surface area contributed by atoms with E-state index in [2.05, 4.69) is 31.1 Å². The molecule has 0 aliphatic rings. The van der Waals surface area contributed by atoms with Crippen LogP contribution in [-0.2, 0) is 6.54 Å². The molecular formula is C19H17BrN6O. The third-order valence-electron chi connectivity index (χ3n) is 4.33. The van der Waals surface area contributed by atoms with Crippen LogP contribution in [0, 0.1) is 0 Å². The molecule has 0 aliphatic carbocycles. The summed E-state index contributed by atoms with van der Waals surface area (Å²) in [6, 6.07) is 7.67. The van der Waals surface area contributed by atoms with Gasteiger partial charge in [-0.1, -0.05) is 18.2 Å². The van der Waals surface area contributed by atoms with E-state index in [0.717, 1.165) is 21.2 Å². The molecule has 1 aromatic carbocycles. The minimum absolute atomic E-state index is 0.105. The number of nitrogens with zero attached hydrogens (tertiary/aromatic N) is 6. The van der Waals surface area contributed by atoms with Crippen LogP contribution in [0.2, 0.25) is 0 Å². The van der Waals surface area contributed by atoms with Gasteiger partial charge in [0.05, 0.1) is 16.6 Å². The predicted octanol–water partition coefficient (Wildman–Crippen LogP) is 2.98. The van der Waals surface area contributed by atoms with Gasteiger partial charge < -0.3 is 4.90 Å². The zero-order valence-corrected chi connectivity index (χ0v) is 16.5. The van der Waals surface area contributed by atoms with Crippen molar-refractivity contribution in [1.29, 1.82) is 0 Å². The molecule has 4 aromatic rings. The largest absolute Gasteiger partial charge is 0.376 e. The minimum atomic E-state index is -0.105. The molecule has 27 heavy (non-hydrogen) atoms. The number of pyridine rings is 1. The van der Waals surface area contributed by atoms with Crippen LogP contribution < -0.4 is 10.5 Å². The van der Waals surface area contributed by atoms with Gasteiger partial charge in [-0.2, -0.15) is 0 Å². The fourth-order valence-corrected chi connectivity index (χ4v) is 3.83. The summed E-state index contributed by atoms with van der Waals surface area (Å²) in [6.45, 7) is 0.380. The Hall–Kier alpha value is -3.00. The Morgan fingerprint density at radius 2 is 2.11 bits per heavy atom. The zero-order valence-electron chi connectivity index (χ0n) is 14.9. The summed E-state index contributed by atoms with van der Waals surface area (Å²) in [5, 5.41) is 8.79. The second-order valence-corrected chi connectivity index (χ2v) is 7.14. The number of hydrogen-bond acceptors (Lipinski definition) is 5. The average molecular weight is 425 g/mol. The molecule has 0 N–H and O–H groups in total. The van der Waals surface area contributed by atoms with E-state index in [1.54, 1.807) is 23.3 Å². The fraction of sp³-hybridized carbons (Fsp3) is 0.158. The van der Waals surface area contributed by atoms with Crippen molar-refractivity contribution in [2.24, 2.45) is 0 Å². The first-order chi connectivity index (χ1) is 13.1. The SMILES string of the molecule is CN(C)c1c(Br)ccc2c1c(=O)n(CC=Cc1cccnc1)c1nncn21. The van der Waals surface area contributed by atoms with Gasteiger partial charge in [-0.25, -0.2) is 0 Å². The summed E-state index contributed by atoms with van der Waals surface area (Å²) in [5.74, 6) is 0.510. The highest BCUT2D eigenvalue weighted by Crippen LogP contribution is 2.31. The number of rotatable bonds is 4. The van der Waals surface area contributed by atoms with Gasteiger partial charge >= 0.3 is 0 Å². The number of halogens is 1. The molecule has 0 atom stereocenters. The Morgan fingerprint density at radius 1 is 1.26 bits per heavy atom. The zero-order chi connectivity index (χ0) is 19.0. The van der Waals surface area contributed by atoms with Crippen LogP contribution in [-0.4, -0.2) is 38.2 Å². The summed E-state index contributed by atoms with van der Waals surface area (Å²) in [7, 11) is 3.84. The van der Waals surface area contributed by atoms with E-state index in [9.17, 15) is 4.79 Å². The Balaban J connectivity index is 1.93. The van der Waals surface area contributed by atoms with Crippen LogP contribution in [0.1, 0.15) is 5.56 Å². The molecule has 0 radical (unpaired) electrons. The average Bonchev–Trinajstić information content (AvgIpc) is 3.14. The summed E-state index contributed by atoms with van der Waals surface area (Å²) >= 11 is 3.56. The standard InChI is InChI=1S/C19H17BrN6O/c1-24(2)17-14(20)7-8-15-16(17)18(27)25(19-23-22-12-26(15)19)10-4-6-13-5-3-9-21-11-13/h3-9,11-12H,10H2,1-2H3. The highest BCUT2D eigenvalue weighted by molar-refractivity contribution is 9.10. The van der Waals surface area contributed by atoms with Gasteiger partial charge in [0.1, 0.15) is 6.33 Å². The van der Waals surface area contributed by atoms with Crippen LogP contribution in [0.25, 0.3) is 22.8 Å². The van der Waals surface area contributed by atoms with Gasteiger partial charge in [0, 0.05) is 37.5 Å². The van der Waals surface area contributed by atoms with E-state index in [1.807, 2.05) is 59.8 Å². The quantitative estimate of drug-likeness (QED) is 0.503. The monoisotopic (exact) mass is 424 g/mol. The van der Waals surface area contributed by atoms with Crippen LogP contribution in [0.3, 0.4) is 0 Å². The normalized spacial score (nSPS) is 11.7. The van der Waals surface area contributed by atoms with E-state index < -0.39 is 0 Å². The minimum Gasteiger partial charge on any atom is -0.376 e. The van der Waals surface area contributed by atoms with Gasteiger partial charge in [0.2, 0.25) is 5.78 Å². The van der Waals surface area contributed by atoms with Gasteiger partial charge in [-0.3, -0.25) is 18.7 Å². The van der Waals surface area contributed by atoms with E-state index in [0.29, 0.717) is 17.7 Å². The van der Waals surface area contributed by atoms with Crippen LogP contribution in [0.4, 0.5) is 5.69 Å². The second-order valence-electron chi connectivity index (χ2n) is 6.29. The molecule has 0 unspecified atom stereocenters. The number of fused-ring (bicyclic) bond motifs is 3. The maximum absolute atomic E-state index is 13.3. The van der Waals surface area contributed by atoms with Gasteiger partial charge in [0.15, 0.2) is 0 Å². The molecule has 0 saturated heterocycles. The first-order valence-corrected chi connectivity index (χ1v) is 9.16. The molecule has 3 aromatic heterocycles. The molecular weight excluding hydrogens is 408 g/mol. The molecule has 136 valence electrons. The Kier molecular flexibility index (Phi) is 4.49. The maximum Gasteiger partial charge on any atom is 0.265 e. The number of aromatic nitrogens is 5. The topological polar surface area (TPSA) is 68.3 Å². The van der Waals surface area contributed by atoms with E-state index in [1.165, 1.54) is 0 Å². The lowest BCUT2D eigenvalue weighted by Gasteiger charge is -2.18. The van der Waals surface area contributed by atoms with E-state index in [4.69, 9.17) is 0 Å². The van der Waals surface area contributed by atoms with Gasteiger partial charge in [-0.15, -0.1) is 10.2 Å². The van der Waals surface area contributed by atoms with Crippen molar-refractivity contribution in [1.82, 2.24) is 24.1 Å². The highest BCUT2D eigenvalue weighted by Gasteiger charge is 2.17. The summed E-state index contributed by atoms with van der Waals surface area (Å²) in [4.78, 5) is 19.4. The van der Waals surface area contributed by atoms with Crippen LogP contribution in [0.5, 0.6) is 0 Å². The molecule has 0 saturated carbocycles. The van der Waals surface area contributed by atoms with Crippen molar-refractivity contribution in [3.8, 4) is 0 Å². The van der Waals surface area contributed by atoms with Gasteiger partial charge in [-0.05, 0) is 39.7 Å². The third kappa shape index (κ3) is 3.02. The molecule has 0 amide bonds. The molecule has 8 heteroatoms. The fourth-order valence-electron chi connectivity index (χ4n) is 3.15. The smallest absolute Gasteiger partial charge is 0.265 e. The third-order valence-corrected chi connectivity index (χ3v) is 4.97. The number of anilines is 1. The molecule has 0 aliphatic heterocycles. The summed E-state index contributed by atoms with van der Waals surface area (Å²) < 4.78 is 4.33. The Morgan fingerprint density at radius 3 is 2.85 bits per heavy atom. The molecule has 0 bridgehead atoms. The van der Waals surface area contributed by atoms with E-state index >= 15 is 0 Å². The number of allylic oxidation sites excluding steroid dienone is 1. The molecule has 7 nitrogen and oxygen atoms in total.